The zero-order chi connectivity index (χ0) is 12.0. The lowest BCUT2D eigenvalue weighted by Gasteiger charge is -2.16. The van der Waals surface area contributed by atoms with Crippen molar-refractivity contribution in [2.45, 2.75) is 13.0 Å². The van der Waals surface area contributed by atoms with Crippen LogP contribution in [0.5, 0.6) is 11.5 Å². The summed E-state index contributed by atoms with van der Waals surface area (Å²) in [4.78, 5) is 0. The first-order valence-electron chi connectivity index (χ1n) is 4.95. The molecule has 1 aromatic rings. The first-order valence-corrected chi connectivity index (χ1v) is 4.95. The van der Waals surface area contributed by atoms with E-state index in [-0.39, 0.29) is 6.10 Å². The molecule has 0 amide bonds. The third-order valence-electron chi connectivity index (χ3n) is 2.02. The predicted octanol–water partition coefficient (Wildman–Crippen LogP) is 1.98. The van der Waals surface area contributed by atoms with E-state index < -0.39 is 0 Å². The number of hydrogen-bond acceptors (Lipinski definition) is 4. The van der Waals surface area contributed by atoms with Gasteiger partial charge in [0.05, 0.1) is 25.3 Å². The van der Waals surface area contributed by atoms with E-state index in [1.165, 1.54) is 0 Å². The summed E-state index contributed by atoms with van der Waals surface area (Å²) in [6.07, 6.45) is -0.0631. The normalized spacial score (nSPS) is 11.6. The summed E-state index contributed by atoms with van der Waals surface area (Å²) in [7, 11) is 3.17. The molecule has 0 N–H and O–H groups in total. The lowest BCUT2D eigenvalue weighted by atomic mass is 10.2. The molecule has 0 aliphatic heterocycles. The molecule has 0 bridgehead atoms. The Morgan fingerprint density at radius 2 is 2.06 bits per heavy atom. The summed E-state index contributed by atoms with van der Waals surface area (Å²) in [5, 5.41) is 8.75. The minimum atomic E-state index is -0.0631. The molecule has 0 radical (unpaired) electrons. The van der Waals surface area contributed by atoms with E-state index in [0.29, 0.717) is 23.7 Å². The van der Waals surface area contributed by atoms with E-state index >= 15 is 0 Å². The fraction of sp³-hybridized carbons (Fsp3) is 0.417. The molecular weight excluding hydrogens is 206 g/mol. The van der Waals surface area contributed by atoms with Gasteiger partial charge in [-0.25, -0.2) is 0 Å². The highest BCUT2D eigenvalue weighted by atomic mass is 16.5. The van der Waals surface area contributed by atoms with E-state index in [1.807, 2.05) is 13.0 Å². The number of nitrogens with zero attached hydrogens (tertiary/aromatic N) is 1. The predicted molar refractivity (Wildman–Crippen MR) is 59.7 cm³/mol. The third-order valence-corrected chi connectivity index (χ3v) is 2.02. The maximum absolute atomic E-state index is 8.75. The van der Waals surface area contributed by atoms with Crippen molar-refractivity contribution in [3.8, 4) is 17.6 Å². The number of ether oxygens (including phenoxy) is 3. The standard InChI is InChI=1S/C12H15NO3/c1-9(8-14-2)16-11-5-4-10(7-13)6-12(11)15-3/h4-6,9H,8H2,1-3H3. The Bertz CT molecular complexity index is 384. The molecule has 1 unspecified atom stereocenters. The average Bonchev–Trinajstić information content (AvgIpc) is 2.30. The number of hydrogen-bond donors (Lipinski definition) is 0. The van der Waals surface area contributed by atoms with Gasteiger partial charge in [-0.3, -0.25) is 0 Å². The van der Waals surface area contributed by atoms with Crippen molar-refractivity contribution in [2.75, 3.05) is 20.8 Å². The van der Waals surface area contributed by atoms with Crippen LogP contribution in [0.4, 0.5) is 0 Å². The van der Waals surface area contributed by atoms with Crippen LogP contribution in [0.15, 0.2) is 18.2 Å². The molecule has 86 valence electrons. The highest BCUT2D eigenvalue weighted by Gasteiger charge is 2.09. The SMILES string of the molecule is COCC(C)Oc1ccc(C#N)cc1OC. The maximum Gasteiger partial charge on any atom is 0.162 e. The van der Waals surface area contributed by atoms with Crippen molar-refractivity contribution in [2.24, 2.45) is 0 Å². The smallest absolute Gasteiger partial charge is 0.162 e. The molecule has 0 fully saturated rings. The minimum Gasteiger partial charge on any atom is -0.493 e. The lowest BCUT2D eigenvalue weighted by Crippen LogP contribution is -2.18. The van der Waals surface area contributed by atoms with Gasteiger partial charge in [-0.1, -0.05) is 0 Å². The highest BCUT2D eigenvalue weighted by molar-refractivity contribution is 5.46. The number of benzene rings is 1. The van der Waals surface area contributed by atoms with Gasteiger partial charge < -0.3 is 14.2 Å². The van der Waals surface area contributed by atoms with Gasteiger partial charge in [-0.2, -0.15) is 5.26 Å². The van der Waals surface area contributed by atoms with Crippen molar-refractivity contribution in [1.82, 2.24) is 0 Å². The summed E-state index contributed by atoms with van der Waals surface area (Å²) in [5.41, 5.74) is 0.545. The Kier molecular flexibility index (Phi) is 4.62. The van der Waals surface area contributed by atoms with Crippen molar-refractivity contribution >= 4 is 0 Å². The van der Waals surface area contributed by atoms with Crippen molar-refractivity contribution in [3.05, 3.63) is 23.8 Å². The molecular formula is C12H15NO3. The largest absolute Gasteiger partial charge is 0.493 e. The topological polar surface area (TPSA) is 51.5 Å². The maximum atomic E-state index is 8.75. The van der Waals surface area contributed by atoms with Gasteiger partial charge in [0.25, 0.3) is 0 Å². The third kappa shape index (κ3) is 3.14. The molecule has 0 spiro atoms. The molecule has 1 aromatic carbocycles. The molecule has 16 heavy (non-hydrogen) atoms. The van der Waals surface area contributed by atoms with Gasteiger partial charge >= 0.3 is 0 Å². The Hall–Kier alpha value is -1.73. The van der Waals surface area contributed by atoms with Crippen LogP contribution in [0.1, 0.15) is 12.5 Å². The van der Waals surface area contributed by atoms with Gasteiger partial charge in [-0.15, -0.1) is 0 Å². The fourth-order valence-corrected chi connectivity index (χ4v) is 1.32. The Labute approximate surface area is 95.4 Å². The van der Waals surface area contributed by atoms with Crippen molar-refractivity contribution < 1.29 is 14.2 Å². The molecule has 0 aliphatic carbocycles. The van der Waals surface area contributed by atoms with Gasteiger partial charge in [0, 0.05) is 13.2 Å². The molecule has 1 atom stereocenters. The molecule has 0 aliphatic rings. The molecule has 0 heterocycles. The fourth-order valence-electron chi connectivity index (χ4n) is 1.32. The van der Waals surface area contributed by atoms with Gasteiger partial charge in [-0.05, 0) is 19.1 Å². The second kappa shape index (κ2) is 5.99. The van der Waals surface area contributed by atoms with Crippen molar-refractivity contribution in [1.29, 1.82) is 5.26 Å². The summed E-state index contributed by atoms with van der Waals surface area (Å²) in [6, 6.07) is 7.11. The van der Waals surface area contributed by atoms with Gasteiger partial charge in [0.15, 0.2) is 11.5 Å². The molecule has 4 heteroatoms. The second-order valence-electron chi connectivity index (χ2n) is 3.36. The summed E-state index contributed by atoms with van der Waals surface area (Å²) >= 11 is 0. The van der Waals surface area contributed by atoms with Crippen LogP contribution in [0.2, 0.25) is 0 Å². The van der Waals surface area contributed by atoms with Crippen molar-refractivity contribution in [3.63, 3.8) is 0 Å². The minimum absolute atomic E-state index is 0.0631. The van der Waals surface area contributed by atoms with Crippen LogP contribution in [0.3, 0.4) is 0 Å². The summed E-state index contributed by atoms with van der Waals surface area (Å²) in [5.74, 6) is 1.17. The van der Waals surface area contributed by atoms with Crippen LogP contribution >= 0.6 is 0 Å². The van der Waals surface area contributed by atoms with Gasteiger partial charge in [0.1, 0.15) is 6.10 Å². The van der Waals surface area contributed by atoms with E-state index in [9.17, 15) is 0 Å². The number of methoxy groups -OCH3 is 2. The van der Waals surface area contributed by atoms with E-state index in [0.717, 1.165) is 0 Å². The van der Waals surface area contributed by atoms with Crippen LogP contribution in [0, 0.1) is 11.3 Å². The molecule has 1 rings (SSSR count). The molecule has 0 saturated carbocycles. The first kappa shape index (κ1) is 12.3. The zero-order valence-electron chi connectivity index (χ0n) is 9.69. The van der Waals surface area contributed by atoms with Crippen LogP contribution in [0.25, 0.3) is 0 Å². The van der Waals surface area contributed by atoms with Crippen LogP contribution < -0.4 is 9.47 Å². The molecule has 4 nitrogen and oxygen atoms in total. The highest BCUT2D eigenvalue weighted by Crippen LogP contribution is 2.28. The Morgan fingerprint density at radius 3 is 2.62 bits per heavy atom. The zero-order valence-corrected chi connectivity index (χ0v) is 9.69. The number of rotatable bonds is 5. The summed E-state index contributed by atoms with van der Waals surface area (Å²) in [6.45, 7) is 2.41. The second-order valence-corrected chi connectivity index (χ2v) is 3.36. The molecule has 0 saturated heterocycles. The Balaban J connectivity index is 2.84. The number of nitriles is 1. The summed E-state index contributed by atoms with van der Waals surface area (Å²) < 4.78 is 15.7. The quantitative estimate of drug-likeness (QED) is 0.762. The van der Waals surface area contributed by atoms with E-state index in [4.69, 9.17) is 19.5 Å². The van der Waals surface area contributed by atoms with E-state index in [1.54, 1.807) is 32.4 Å². The lowest BCUT2D eigenvalue weighted by molar-refractivity contribution is 0.0900. The Morgan fingerprint density at radius 1 is 1.31 bits per heavy atom. The van der Waals surface area contributed by atoms with Crippen LogP contribution in [-0.4, -0.2) is 26.9 Å². The van der Waals surface area contributed by atoms with Gasteiger partial charge in [0.2, 0.25) is 0 Å². The van der Waals surface area contributed by atoms with Crippen LogP contribution in [-0.2, 0) is 4.74 Å². The average molecular weight is 221 g/mol. The first-order chi connectivity index (χ1) is 7.71. The molecule has 0 aromatic heterocycles. The van der Waals surface area contributed by atoms with E-state index in [2.05, 4.69) is 0 Å². The monoisotopic (exact) mass is 221 g/mol.